The van der Waals surface area contributed by atoms with Gasteiger partial charge in [-0.25, -0.2) is 0 Å². The summed E-state index contributed by atoms with van der Waals surface area (Å²) in [5.74, 6) is -0.353. The molecule has 0 bridgehead atoms. The summed E-state index contributed by atoms with van der Waals surface area (Å²) in [7, 11) is 0. The van der Waals surface area contributed by atoms with Crippen LogP contribution < -0.4 is 0 Å². The zero-order valence-corrected chi connectivity index (χ0v) is 13.4. The first-order chi connectivity index (χ1) is 11.1. The number of aliphatic hydroxyl groups excluding tert-OH is 1. The summed E-state index contributed by atoms with van der Waals surface area (Å²) < 4.78 is 0. The summed E-state index contributed by atoms with van der Waals surface area (Å²) in [4.78, 5) is 27.9. The van der Waals surface area contributed by atoms with E-state index in [1.807, 2.05) is 35.7 Å². The van der Waals surface area contributed by atoms with Crippen molar-refractivity contribution in [2.75, 3.05) is 19.6 Å². The number of benzene rings is 1. The van der Waals surface area contributed by atoms with Gasteiger partial charge in [-0.3, -0.25) is 9.59 Å². The minimum atomic E-state index is -0.743. The van der Waals surface area contributed by atoms with Crippen LogP contribution in [0.1, 0.15) is 15.9 Å². The van der Waals surface area contributed by atoms with Crippen LogP contribution in [-0.2, 0) is 11.3 Å². The molecule has 0 radical (unpaired) electrons. The number of aliphatic hydroxyl groups is 1. The van der Waals surface area contributed by atoms with Crippen LogP contribution >= 0.6 is 11.3 Å². The Balaban J connectivity index is 1.72. The predicted octanol–water partition coefficient (Wildman–Crippen LogP) is 1.59. The zero-order chi connectivity index (χ0) is 16.2. The number of hydrogen-bond acceptors (Lipinski definition) is 4. The SMILES string of the molecule is O=C1CN(C(=O)c2ccsc2)CC(O)CN1Cc1ccccc1. The molecule has 120 valence electrons. The van der Waals surface area contributed by atoms with E-state index in [0.717, 1.165) is 5.56 Å². The van der Waals surface area contributed by atoms with Gasteiger partial charge in [0.1, 0.15) is 6.54 Å². The van der Waals surface area contributed by atoms with E-state index < -0.39 is 6.10 Å². The topological polar surface area (TPSA) is 60.9 Å². The molecule has 6 heteroatoms. The Morgan fingerprint density at radius 1 is 1.22 bits per heavy atom. The highest BCUT2D eigenvalue weighted by molar-refractivity contribution is 7.08. The first kappa shape index (κ1) is 15.7. The molecule has 1 aliphatic heterocycles. The molecular formula is C17H18N2O3S. The van der Waals surface area contributed by atoms with Crippen LogP contribution in [0.25, 0.3) is 0 Å². The first-order valence-corrected chi connectivity index (χ1v) is 8.39. The Morgan fingerprint density at radius 2 is 2.00 bits per heavy atom. The lowest BCUT2D eigenvalue weighted by Crippen LogP contribution is -2.39. The van der Waals surface area contributed by atoms with E-state index >= 15 is 0 Å². The Bertz CT molecular complexity index is 672. The average Bonchev–Trinajstić information content (AvgIpc) is 3.03. The smallest absolute Gasteiger partial charge is 0.255 e. The number of nitrogens with zero attached hydrogens (tertiary/aromatic N) is 2. The Hall–Kier alpha value is -2.18. The molecule has 1 aromatic heterocycles. The predicted molar refractivity (Wildman–Crippen MR) is 88.1 cm³/mol. The van der Waals surface area contributed by atoms with Crippen LogP contribution in [0.3, 0.4) is 0 Å². The van der Waals surface area contributed by atoms with Crippen LogP contribution in [0, 0.1) is 0 Å². The molecule has 3 rings (SSSR count). The van der Waals surface area contributed by atoms with Crippen LogP contribution in [0.4, 0.5) is 0 Å². The number of thiophene rings is 1. The van der Waals surface area contributed by atoms with Gasteiger partial charge in [0.05, 0.1) is 11.7 Å². The van der Waals surface area contributed by atoms with E-state index in [4.69, 9.17) is 0 Å². The molecule has 1 fully saturated rings. The molecule has 2 aromatic rings. The van der Waals surface area contributed by atoms with Crippen molar-refractivity contribution < 1.29 is 14.7 Å². The highest BCUT2D eigenvalue weighted by Crippen LogP contribution is 2.14. The Kier molecular flexibility index (Phi) is 4.73. The van der Waals surface area contributed by atoms with Gasteiger partial charge >= 0.3 is 0 Å². The molecule has 1 aromatic carbocycles. The van der Waals surface area contributed by atoms with Gasteiger partial charge in [0.15, 0.2) is 0 Å². The van der Waals surface area contributed by atoms with Gasteiger partial charge < -0.3 is 14.9 Å². The van der Waals surface area contributed by atoms with Crippen LogP contribution in [0.2, 0.25) is 0 Å². The lowest BCUT2D eigenvalue weighted by Gasteiger charge is -2.21. The standard InChI is InChI=1S/C17H18N2O3S/c20-15-9-18(8-13-4-2-1-3-5-13)16(21)11-19(10-15)17(22)14-6-7-23-12-14/h1-7,12,15,20H,8-11H2. The second kappa shape index (κ2) is 6.93. The second-order valence-corrected chi connectivity index (χ2v) is 6.39. The largest absolute Gasteiger partial charge is 0.389 e. The molecule has 0 spiro atoms. The maximum atomic E-state index is 12.5. The Morgan fingerprint density at radius 3 is 2.70 bits per heavy atom. The molecular weight excluding hydrogens is 312 g/mol. The number of rotatable bonds is 3. The van der Waals surface area contributed by atoms with Crippen LogP contribution in [0.15, 0.2) is 47.2 Å². The van der Waals surface area contributed by atoms with Gasteiger partial charge in [0.25, 0.3) is 5.91 Å². The molecule has 1 saturated heterocycles. The first-order valence-electron chi connectivity index (χ1n) is 7.44. The van der Waals surface area contributed by atoms with E-state index in [2.05, 4.69) is 0 Å². The van der Waals surface area contributed by atoms with Gasteiger partial charge in [0.2, 0.25) is 5.91 Å². The molecule has 0 aliphatic carbocycles. The molecule has 23 heavy (non-hydrogen) atoms. The quantitative estimate of drug-likeness (QED) is 0.930. The van der Waals surface area contributed by atoms with Crippen molar-refractivity contribution in [3.8, 4) is 0 Å². The van der Waals surface area contributed by atoms with Crippen molar-refractivity contribution in [3.05, 3.63) is 58.3 Å². The maximum absolute atomic E-state index is 12.5. The molecule has 1 aliphatic rings. The van der Waals surface area contributed by atoms with E-state index in [0.29, 0.717) is 12.1 Å². The van der Waals surface area contributed by atoms with Crippen molar-refractivity contribution in [2.24, 2.45) is 0 Å². The summed E-state index contributed by atoms with van der Waals surface area (Å²) in [6.45, 7) is 0.850. The fourth-order valence-electron chi connectivity index (χ4n) is 2.68. The van der Waals surface area contributed by atoms with Crippen molar-refractivity contribution >= 4 is 23.2 Å². The minimum absolute atomic E-state index is 0.00142. The molecule has 1 N–H and O–H groups in total. The fraction of sp³-hybridized carbons (Fsp3) is 0.294. The second-order valence-electron chi connectivity index (χ2n) is 5.61. The highest BCUT2D eigenvalue weighted by Gasteiger charge is 2.29. The van der Waals surface area contributed by atoms with Crippen molar-refractivity contribution in [1.29, 1.82) is 0 Å². The lowest BCUT2D eigenvalue weighted by molar-refractivity contribution is -0.131. The van der Waals surface area contributed by atoms with E-state index in [1.54, 1.807) is 16.3 Å². The van der Waals surface area contributed by atoms with E-state index in [-0.39, 0.29) is 31.4 Å². The summed E-state index contributed by atoms with van der Waals surface area (Å²) >= 11 is 1.44. The van der Waals surface area contributed by atoms with Gasteiger partial charge in [-0.05, 0) is 17.0 Å². The summed E-state index contributed by atoms with van der Waals surface area (Å²) in [5, 5.41) is 13.8. The molecule has 1 atom stereocenters. The number of carbonyl (C=O) groups is 2. The summed E-state index contributed by atoms with van der Waals surface area (Å²) in [6.07, 6.45) is -0.743. The van der Waals surface area contributed by atoms with Crippen LogP contribution in [0.5, 0.6) is 0 Å². The van der Waals surface area contributed by atoms with Crippen molar-refractivity contribution in [3.63, 3.8) is 0 Å². The Labute approximate surface area is 138 Å². The van der Waals surface area contributed by atoms with Gasteiger partial charge in [-0.1, -0.05) is 30.3 Å². The number of amides is 2. The van der Waals surface area contributed by atoms with Crippen LogP contribution in [-0.4, -0.2) is 52.5 Å². The monoisotopic (exact) mass is 330 g/mol. The fourth-order valence-corrected chi connectivity index (χ4v) is 3.31. The average molecular weight is 330 g/mol. The highest BCUT2D eigenvalue weighted by atomic mass is 32.1. The molecule has 0 saturated carbocycles. The third-order valence-electron chi connectivity index (χ3n) is 3.81. The van der Waals surface area contributed by atoms with E-state index in [1.165, 1.54) is 16.2 Å². The van der Waals surface area contributed by atoms with E-state index in [9.17, 15) is 14.7 Å². The van der Waals surface area contributed by atoms with Gasteiger partial charge in [-0.15, -0.1) is 0 Å². The third-order valence-corrected chi connectivity index (χ3v) is 4.50. The minimum Gasteiger partial charge on any atom is -0.389 e. The lowest BCUT2D eigenvalue weighted by atomic mass is 10.2. The van der Waals surface area contributed by atoms with Gasteiger partial charge in [-0.2, -0.15) is 11.3 Å². The summed E-state index contributed by atoms with van der Waals surface area (Å²) in [5.41, 5.74) is 1.57. The zero-order valence-electron chi connectivity index (χ0n) is 12.6. The normalized spacial score (nSPS) is 18.8. The molecule has 2 heterocycles. The van der Waals surface area contributed by atoms with Crippen molar-refractivity contribution in [1.82, 2.24) is 9.80 Å². The molecule has 2 amide bonds. The van der Waals surface area contributed by atoms with Gasteiger partial charge in [0, 0.05) is 25.0 Å². The number of carbonyl (C=O) groups excluding carboxylic acids is 2. The molecule has 5 nitrogen and oxygen atoms in total. The molecule has 1 unspecified atom stereocenters. The number of β-amino-alcohol motifs (C(OH)–C–C–N with tert-alkyl or cyclic N) is 1. The third kappa shape index (κ3) is 3.78. The number of hydrogen-bond donors (Lipinski definition) is 1. The maximum Gasteiger partial charge on any atom is 0.255 e. The van der Waals surface area contributed by atoms with Crippen molar-refractivity contribution in [2.45, 2.75) is 12.6 Å². The summed E-state index contributed by atoms with van der Waals surface area (Å²) in [6, 6.07) is 11.4.